The first-order chi connectivity index (χ1) is 10.1. The molecule has 0 heterocycles. The Balaban J connectivity index is 2.34. The highest BCUT2D eigenvalue weighted by molar-refractivity contribution is 7.89. The molecule has 0 spiro atoms. The van der Waals surface area contributed by atoms with Crippen LogP contribution in [0.5, 0.6) is 0 Å². The number of carbonyl (C=O) groups excluding carboxylic acids is 1. The topological polar surface area (TPSA) is 96.5 Å². The zero-order valence-electron chi connectivity index (χ0n) is 13.9. The van der Waals surface area contributed by atoms with Gasteiger partial charge in [-0.3, -0.25) is 0 Å². The third kappa shape index (κ3) is 7.95. The summed E-state index contributed by atoms with van der Waals surface area (Å²) in [6.45, 7) is 5.91. The lowest BCUT2D eigenvalue weighted by atomic mass is 9.91. The predicted molar refractivity (Wildman–Crippen MR) is 86.3 cm³/mol. The zero-order valence-corrected chi connectivity index (χ0v) is 14.8. The number of ether oxygens (including phenoxy) is 1. The second-order valence-corrected chi connectivity index (χ2v) is 8.73. The molecule has 0 saturated heterocycles. The van der Waals surface area contributed by atoms with Gasteiger partial charge in [0, 0.05) is 18.6 Å². The van der Waals surface area contributed by atoms with E-state index in [4.69, 9.17) is 4.74 Å². The van der Waals surface area contributed by atoms with Crippen LogP contribution in [0.3, 0.4) is 0 Å². The van der Waals surface area contributed by atoms with Crippen LogP contribution in [-0.4, -0.2) is 51.5 Å². The summed E-state index contributed by atoms with van der Waals surface area (Å²) < 4.78 is 30.3. The van der Waals surface area contributed by atoms with E-state index in [0.717, 1.165) is 25.7 Å². The third-order valence-electron chi connectivity index (χ3n) is 3.51. The Morgan fingerprint density at radius 2 is 1.86 bits per heavy atom. The molecule has 1 fully saturated rings. The summed E-state index contributed by atoms with van der Waals surface area (Å²) in [5.74, 6) is 0.0597. The number of sulfonamides is 1. The van der Waals surface area contributed by atoms with E-state index >= 15 is 0 Å². The minimum Gasteiger partial charge on any atom is -0.444 e. The Bertz CT molecular complexity index is 459. The number of nitrogens with one attached hydrogen (secondary N) is 3. The number of amides is 1. The van der Waals surface area contributed by atoms with E-state index in [0.29, 0.717) is 6.54 Å². The molecule has 8 heteroatoms. The lowest BCUT2D eigenvalue weighted by Crippen LogP contribution is -2.46. The van der Waals surface area contributed by atoms with Gasteiger partial charge in [0.25, 0.3) is 0 Å². The number of rotatable bonds is 6. The van der Waals surface area contributed by atoms with Gasteiger partial charge < -0.3 is 15.4 Å². The summed E-state index contributed by atoms with van der Waals surface area (Å²) >= 11 is 0. The summed E-state index contributed by atoms with van der Waals surface area (Å²) in [6.07, 6.45) is 3.31. The summed E-state index contributed by atoms with van der Waals surface area (Å²) in [5, 5.41) is 6.14. The number of alkyl carbamates (subject to hydrolysis) is 1. The van der Waals surface area contributed by atoms with Crippen molar-refractivity contribution in [1.29, 1.82) is 0 Å². The quantitative estimate of drug-likeness (QED) is 0.672. The van der Waals surface area contributed by atoms with Gasteiger partial charge in [0.1, 0.15) is 5.60 Å². The molecule has 1 rings (SSSR count). The Morgan fingerprint density at radius 1 is 1.23 bits per heavy atom. The van der Waals surface area contributed by atoms with E-state index in [1.54, 1.807) is 0 Å². The third-order valence-corrected chi connectivity index (χ3v) is 4.87. The van der Waals surface area contributed by atoms with Gasteiger partial charge >= 0.3 is 6.09 Å². The van der Waals surface area contributed by atoms with E-state index in [1.807, 2.05) is 20.8 Å². The lowest BCUT2D eigenvalue weighted by molar-refractivity contribution is 0.0489. The van der Waals surface area contributed by atoms with Gasteiger partial charge in [-0.2, -0.15) is 0 Å². The summed E-state index contributed by atoms with van der Waals surface area (Å²) in [7, 11) is -1.76. The fourth-order valence-electron chi connectivity index (χ4n) is 2.48. The van der Waals surface area contributed by atoms with E-state index < -0.39 is 21.7 Å². The molecule has 0 radical (unpaired) electrons. The Kier molecular flexibility index (Phi) is 7.08. The maximum Gasteiger partial charge on any atom is 0.407 e. The van der Waals surface area contributed by atoms with Crippen LogP contribution in [0.25, 0.3) is 0 Å². The largest absolute Gasteiger partial charge is 0.444 e. The van der Waals surface area contributed by atoms with Crippen molar-refractivity contribution in [1.82, 2.24) is 15.4 Å². The molecule has 1 saturated carbocycles. The first-order valence-electron chi connectivity index (χ1n) is 7.75. The highest BCUT2D eigenvalue weighted by atomic mass is 32.2. The minimum absolute atomic E-state index is 0.0597. The van der Waals surface area contributed by atoms with Gasteiger partial charge in [0.15, 0.2) is 0 Å². The minimum atomic E-state index is -3.18. The summed E-state index contributed by atoms with van der Waals surface area (Å²) in [6, 6.07) is 0.294. The van der Waals surface area contributed by atoms with Gasteiger partial charge in [0.05, 0.1) is 5.75 Å². The Labute approximate surface area is 133 Å². The molecule has 130 valence electrons. The standard InChI is InChI=1S/C14H29N3O4S/c1-14(2,3)21-13(18)17-12-7-5-6-11(10-12)16-8-9-22(19,20)15-4/h11-12,15-16H,5-10H2,1-4H3,(H,17,18). The zero-order chi connectivity index (χ0) is 16.8. The smallest absolute Gasteiger partial charge is 0.407 e. The monoisotopic (exact) mass is 335 g/mol. The van der Waals surface area contributed by atoms with Crippen molar-refractivity contribution >= 4 is 16.1 Å². The summed E-state index contributed by atoms with van der Waals surface area (Å²) in [5.41, 5.74) is -0.502. The maximum absolute atomic E-state index is 11.8. The van der Waals surface area contributed by atoms with E-state index in [9.17, 15) is 13.2 Å². The van der Waals surface area contributed by atoms with Crippen LogP contribution in [0.4, 0.5) is 4.79 Å². The van der Waals surface area contributed by atoms with Gasteiger partial charge in [-0.1, -0.05) is 0 Å². The molecule has 0 aromatic carbocycles. The molecule has 22 heavy (non-hydrogen) atoms. The van der Waals surface area contributed by atoms with Crippen LogP contribution in [0.1, 0.15) is 46.5 Å². The predicted octanol–water partition coefficient (Wildman–Crippen LogP) is 0.961. The first-order valence-corrected chi connectivity index (χ1v) is 9.40. The molecular weight excluding hydrogens is 306 g/mol. The molecule has 0 aromatic heterocycles. The highest BCUT2D eigenvalue weighted by Gasteiger charge is 2.25. The maximum atomic E-state index is 11.8. The molecule has 1 aliphatic rings. The average molecular weight is 335 g/mol. The Hall–Kier alpha value is -0.860. The number of carbonyl (C=O) groups is 1. The fourth-order valence-corrected chi connectivity index (χ4v) is 3.07. The van der Waals surface area contributed by atoms with E-state index in [1.165, 1.54) is 7.05 Å². The number of hydrogen-bond acceptors (Lipinski definition) is 5. The SMILES string of the molecule is CNS(=O)(=O)CCNC1CCCC(NC(=O)OC(C)(C)C)C1. The van der Waals surface area contributed by atoms with Crippen molar-refractivity contribution in [3.05, 3.63) is 0 Å². The van der Waals surface area contributed by atoms with Crippen molar-refractivity contribution in [2.45, 2.75) is 64.1 Å². The molecule has 0 aromatic rings. The lowest BCUT2D eigenvalue weighted by Gasteiger charge is -2.31. The molecule has 2 unspecified atom stereocenters. The number of hydrogen-bond donors (Lipinski definition) is 3. The van der Waals surface area contributed by atoms with Crippen molar-refractivity contribution in [2.75, 3.05) is 19.3 Å². The fraction of sp³-hybridized carbons (Fsp3) is 0.929. The molecule has 0 bridgehead atoms. The van der Waals surface area contributed by atoms with Crippen molar-refractivity contribution in [3.63, 3.8) is 0 Å². The molecule has 0 aliphatic heterocycles. The molecular formula is C14H29N3O4S. The molecule has 2 atom stereocenters. The highest BCUT2D eigenvalue weighted by Crippen LogP contribution is 2.19. The Morgan fingerprint density at radius 3 is 2.45 bits per heavy atom. The second kappa shape index (κ2) is 8.12. The van der Waals surface area contributed by atoms with Crippen LogP contribution in [-0.2, 0) is 14.8 Å². The van der Waals surface area contributed by atoms with Gasteiger partial charge in [-0.15, -0.1) is 0 Å². The van der Waals surface area contributed by atoms with Crippen molar-refractivity contribution in [2.24, 2.45) is 0 Å². The van der Waals surface area contributed by atoms with Gasteiger partial charge in [-0.05, 0) is 53.5 Å². The van der Waals surface area contributed by atoms with Crippen LogP contribution in [0.15, 0.2) is 0 Å². The van der Waals surface area contributed by atoms with Crippen LogP contribution < -0.4 is 15.4 Å². The molecule has 7 nitrogen and oxygen atoms in total. The molecule has 3 N–H and O–H groups in total. The normalized spacial score (nSPS) is 23.1. The van der Waals surface area contributed by atoms with E-state index in [2.05, 4.69) is 15.4 Å². The first kappa shape index (κ1) is 19.2. The molecule has 1 amide bonds. The second-order valence-electron chi connectivity index (χ2n) is 6.68. The van der Waals surface area contributed by atoms with E-state index in [-0.39, 0.29) is 17.8 Å². The van der Waals surface area contributed by atoms with Crippen LogP contribution >= 0.6 is 0 Å². The van der Waals surface area contributed by atoms with Crippen molar-refractivity contribution < 1.29 is 17.9 Å². The van der Waals surface area contributed by atoms with Gasteiger partial charge in [-0.25, -0.2) is 17.9 Å². The summed E-state index contributed by atoms with van der Waals surface area (Å²) in [4.78, 5) is 11.8. The average Bonchev–Trinajstić information content (AvgIpc) is 2.36. The van der Waals surface area contributed by atoms with Crippen molar-refractivity contribution in [3.8, 4) is 0 Å². The van der Waals surface area contributed by atoms with Crippen LogP contribution in [0.2, 0.25) is 0 Å². The van der Waals surface area contributed by atoms with Crippen LogP contribution in [0, 0.1) is 0 Å². The van der Waals surface area contributed by atoms with Gasteiger partial charge in [0.2, 0.25) is 10.0 Å². The molecule has 1 aliphatic carbocycles.